The van der Waals surface area contributed by atoms with E-state index in [0.717, 1.165) is 29.7 Å². The maximum absolute atomic E-state index is 5.64. The predicted octanol–water partition coefficient (Wildman–Crippen LogP) is 3.06. The Morgan fingerprint density at radius 3 is 2.81 bits per heavy atom. The van der Waals surface area contributed by atoms with E-state index >= 15 is 0 Å². The Labute approximate surface area is 130 Å². The monoisotopic (exact) mass is 300 g/mol. The Morgan fingerprint density at radius 2 is 1.95 bits per heavy atom. The number of nitrogens with zero attached hydrogens (tertiary/aromatic N) is 3. The van der Waals surface area contributed by atoms with E-state index in [1.165, 1.54) is 37.6 Å². The Bertz CT molecular complexity index is 672. The molecule has 21 heavy (non-hydrogen) atoms. The second-order valence-electron chi connectivity index (χ2n) is 5.99. The van der Waals surface area contributed by atoms with Crippen molar-refractivity contribution >= 4 is 34.3 Å². The number of anilines is 1. The van der Waals surface area contributed by atoms with E-state index in [9.17, 15) is 0 Å². The van der Waals surface area contributed by atoms with Crippen molar-refractivity contribution in [2.75, 3.05) is 11.4 Å². The van der Waals surface area contributed by atoms with Crippen molar-refractivity contribution in [1.29, 1.82) is 0 Å². The van der Waals surface area contributed by atoms with Gasteiger partial charge < -0.3 is 9.88 Å². The van der Waals surface area contributed by atoms with Gasteiger partial charge in [0.2, 0.25) is 5.95 Å². The molecule has 0 saturated heterocycles. The highest BCUT2D eigenvalue weighted by atomic mass is 32.1. The summed E-state index contributed by atoms with van der Waals surface area (Å²) >= 11 is 5.64. The third kappa shape index (κ3) is 2.29. The van der Waals surface area contributed by atoms with Crippen LogP contribution >= 0.6 is 12.2 Å². The molecule has 110 valence electrons. The highest BCUT2D eigenvalue weighted by molar-refractivity contribution is 7.80. The molecule has 1 saturated carbocycles. The molecule has 2 aliphatic rings. The minimum Gasteiger partial charge on any atom is -0.359 e. The standard InChI is InChI=1S/C16H20N4S/c21-16(17-12-6-2-1-3-7-12)20-11-10-19-14-9-5-4-8-13(14)18-15(19)20/h4-5,8-9,12H,1-3,6-7,10-11H2,(H,17,21). The molecular weight excluding hydrogens is 280 g/mol. The van der Waals surface area contributed by atoms with E-state index in [1.807, 2.05) is 6.07 Å². The zero-order valence-electron chi connectivity index (χ0n) is 12.1. The molecule has 0 radical (unpaired) electrons. The number of thiocarbonyl (C=S) groups is 1. The first-order valence-electron chi connectivity index (χ1n) is 7.86. The lowest BCUT2D eigenvalue weighted by Crippen LogP contribution is -2.45. The van der Waals surface area contributed by atoms with E-state index in [0.29, 0.717) is 6.04 Å². The van der Waals surface area contributed by atoms with Gasteiger partial charge in [0.05, 0.1) is 11.0 Å². The summed E-state index contributed by atoms with van der Waals surface area (Å²) in [6.07, 6.45) is 6.48. The number of hydrogen-bond acceptors (Lipinski definition) is 2. The van der Waals surface area contributed by atoms with Crippen molar-refractivity contribution in [3.05, 3.63) is 24.3 Å². The molecule has 5 heteroatoms. The minimum absolute atomic E-state index is 0.546. The fourth-order valence-electron chi connectivity index (χ4n) is 3.48. The Morgan fingerprint density at radius 1 is 1.14 bits per heavy atom. The maximum atomic E-state index is 5.64. The summed E-state index contributed by atoms with van der Waals surface area (Å²) in [6.45, 7) is 1.88. The normalized spacial score (nSPS) is 19.0. The molecule has 0 amide bonds. The third-order valence-electron chi connectivity index (χ3n) is 4.60. The number of imidazole rings is 1. The van der Waals surface area contributed by atoms with Gasteiger partial charge in [0, 0.05) is 19.1 Å². The molecule has 1 N–H and O–H groups in total. The van der Waals surface area contributed by atoms with Gasteiger partial charge in [-0.25, -0.2) is 4.98 Å². The third-order valence-corrected chi connectivity index (χ3v) is 4.94. The number of fused-ring (bicyclic) bond motifs is 3. The Kier molecular flexibility index (Phi) is 3.30. The van der Waals surface area contributed by atoms with Crippen LogP contribution in [0.1, 0.15) is 32.1 Å². The molecule has 1 aromatic heterocycles. The molecule has 1 fully saturated rings. The van der Waals surface area contributed by atoms with Crippen LogP contribution in [-0.4, -0.2) is 27.3 Å². The minimum atomic E-state index is 0.546. The van der Waals surface area contributed by atoms with Crippen molar-refractivity contribution in [2.24, 2.45) is 0 Å². The number of para-hydroxylation sites is 2. The highest BCUT2D eigenvalue weighted by Crippen LogP contribution is 2.27. The average molecular weight is 300 g/mol. The van der Waals surface area contributed by atoms with Gasteiger partial charge in [0.25, 0.3) is 0 Å². The maximum Gasteiger partial charge on any atom is 0.213 e. The first-order valence-corrected chi connectivity index (χ1v) is 8.27. The largest absolute Gasteiger partial charge is 0.359 e. The number of aromatic nitrogens is 2. The van der Waals surface area contributed by atoms with Gasteiger partial charge in [0.1, 0.15) is 0 Å². The first kappa shape index (κ1) is 13.1. The molecule has 0 spiro atoms. The van der Waals surface area contributed by atoms with E-state index in [1.54, 1.807) is 0 Å². The van der Waals surface area contributed by atoms with Crippen LogP contribution in [0.5, 0.6) is 0 Å². The fraction of sp³-hybridized carbons (Fsp3) is 0.500. The second kappa shape index (κ2) is 5.30. The lowest BCUT2D eigenvalue weighted by molar-refractivity contribution is 0.413. The molecule has 0 atom stereocenters. The summed E-state index contributed by atoms with van der Waals surface area (Å²) in [5.74, 6) is 0.990. The molecule has 2 heterocycles. The molecule has 1 aromatic carbocycles. The van der Waals surface area contributed by atoms with Crippen LogP contribution < -0.4 is 10.2 Å². The smallest absolute Gasteiger partial charge is 0.213 e. The van der Waals surface area contributed by atoms with Gasteiger partial charge in [-0.05, 0) is 37.2 Å². The zero-order valence-corrected chi connectivity index (χ0v) is 12.9. The van der Waals surface area contributed by atoms with Crippen molar-refractivity contribution in [3.8, 4) is 0 Å². The summed E-state index contributed by atoms with van der Waals surface area (Å²) in [7, 11) is 0. The van der Waals surface area contributed by atoms with Gasteiger partial charge in [-0.3, -0.25) is 4.90 Å². The van der Waals surface area contributed by atoms with Crippen LogP contribution in [-0.2, 0) is 6.54 Å². The molecule has 1 aliphatic carbocycles. The van der Waals surface area contributed by atoms with E-state index in [-0.39, 0.29) is 0 Å². The molecule has 4 nitrogen and oxygen atoms in total. The summed E-state index contributed by atoms with van der Waals surface area (Å²) in [5, 5.41) is 4.39. The molecule has 4 rings (SSSR count). The number of rotatable bonds is 1. The summed E-state index contributed by atoms with van der Waals surface area (Å²) in [6, 6.07) is 8.85. The summed E-state index contributed by atoms with van der Waals surface area (Å²) in [5.41, 5.74) is 2.26. The summed E-state index contributed by atoms with van der Waals surface area (Å²) < 4.78 is 2.27. The van der Waals surface area contributed by atoms with Gasteiger partial charge >= 0.3 is 0 Å². The Hall–Kier alpha value is -1.62. The van der Waals surface area contributed by atoms with Crippen LogP contribution in [0.15, 0.2) is 24.3 Å². The summed E-state index contributed by atoms with van der Waals surface area (Å²) in [4.78, 5) is 6.91. The SMILES string of the molecule is S=C(NC1CCCCC1)N1CCn2c1nc1ccccc12. The molecule has 0 unspecified atom stereocenters. The molecule has 1 aliphatic heterocycles. The lowest BCUT2D eigenvalue weighted by atomic mass is 9.96. The van der Waals surface area contributed by atoms with Crippen molar-refractivity contribution in [1.82, 2.24) is 14.9 Å². The number of benzene rings is 1. The Balaban J connectivity index is 1.56. The van der Waals surface area contributed by atoms with Crippen molar-refractivity contribution in [3.63, 3.8) is 0 Å². The van der Waals surface area contributed by atoms with Crippen LogP contribution in [0.2, 0.25) is 0 Å². The van der Waals surface area contributed by atoms with Gasteiger partial charge in [-0.1, -0.05) is 31.4 Å². The average Bonchev–Trinajstić information content (AvgIpc) is 3.07. The van der Waals surface area contributed by atoms with E-state index in [2.05, 4.69) is 33.0 Å². The predicted molar refractivity (Wildman–Crippen MR) is 89.7 cm³/mol. The zero-order chi connectivity index (χ0) is 14.2. The number of hydrogen-bond donors (Lipinski definition) is 1. The van der Waals surface area contributed by atoms with Crippen LogP contribution in [0, 0.1) is 0 Å². The molecule has 2 aromatic rings. The fourth-order valence-corrected chi connectivity index (χ4v) is 3.82. The van der Waals surface area contributed by atoms with Crippen LogP contribution in [0.4, 0.5) is 5.95 Å². The van der Waals surface area contributed by atoms with Crippen LogP contribution in [0.25, 0.3) is 11.0 Å². The van der Waals surface area contributed by atoms with Crippen molar-refractivity contribution < 1.29 is 0 Å². The van der Waals surface area contributed by atoms with Gasteiger partial charge in [-0.15, -0.1) is 0 Å². The topological polar surface area (TPSA) is 33.1 Å². The lowest BCUT2D eigenvalue weighted by Gasteiger charge is -2.27. The molecular formula is C16H20N4S. The van der Waals surface area contributed by atoms with E-state index in [4.69, 9.17) is 17.2 Å². The van der Waals surface area contributed by atoms with E-state index < -0.39 is 0 Å². The molecule has 0 bridgehead atoms. The van der Waals surface area contributed by atoms with Crippen molar-refractivity contribution in [2.45, 2.75) is 44.7 Å². The highest BCUT2D eigenvalue weighted by Gasteiger charge is 2.27. The van der Waals surface area contributed by atoms with Gasteiger partial charge in [-0.2, -0.15) is 0 Å². The first-order chi connectivity index (χ1) is 10.3. The second-order valence-corrected chi connectivity index (χ2v) is 6.37. The quantitative estimate of drug-likeness (QED) is 0.821. The number of nitrogens with one attached hydrogen (secondary N) is 1. The van der Waals surface area contributed by atoms with Crippen LogP contribution in [0.3, 0.4) is 0 Å². The van der Waals surface area contributed by atoms with Gasteiger partial charge in [0.15, 0.2) is 5.11 Å².